The minimum Gasteiger partial charge on any atom is -0.379 e. The van der Waals surface area contributed by atoms with Crippen LogP contribution in [-0.4, -0.2) is 81.3 Å². The van der Waals surface area contributed by atoms with Crippen LogP contribution in [0.1, 0.15) is 44.2 Å². The van der Waals surface area contributed by atoms with Crippen LogP contribution in [0.2, 0.25) is 0 Å². The number of hydrogen-bond acceptors (Lipinski definition) is 4. The van der Waals surface area contributed by atoms with E-state index in [1.165, 1.54) is 51.0 Å². The molecule has 0 aromatic heterocycles. The molecule has 168 valence electrons. The fourth-order valence-corrected chi connectivity index (χ4v) is 4.20. The zero-order valence-corrected chi connectivity index (χ0v) is 18.4. The Hall–Kier alpha value is -1.70. The van der Waals surface area contributed by atoms with Crippen molar-refractivity contribution in [2.24, 2.45) is 4.99 Å². The zero-order chi connectivity index (χ0) is 21.0. The van der Waals surface area contributed by atoms with E-state index in [-0.39, 0.29) is 11.9 Å². The zero-order valence-electron chi connectivity index (χ0n) is 18.4. The van der Waals surface area contributed by atoms with E-state index in [1.54, 1.807) is 0 Å². The fraction of sp³-hybridized carbons (Fsp3) is 0.696. The summed E-state index contributed by atoms with van der Waals surface area (Å²) in [4.78, 5) is 9.82. The van der Waals surface area contributed by atoms with Gasteiger partial charge in [-0.3, -0.25) is 9.89 Å². The summed E-state index contributed by atoms with van der Waals surface area (Å²) in [5, 5.41) is 6.84. The minimum atomic E-state index is -0.202. The smallest absolute Gasteiger partial charge is 0.191 e. The van der Waals surface area contributed by atoms with Crippen LogP contribution in [0.15, 0.2) is 29.3 Å². The maximum Gasteiger partial charge on any atom is 0.191 e. The normalized spacial score (nSPS) is 19.7. The Morgan fingerprint density at radius 3 is 2.50 bits per heavy atom. The summed E-state index contributed by atoms with van der Waals surface area (Å²) in [5.74, 6) is 0.658. The molecule has 2 aliphatic rings. The third-order valence-corrected chi connectivity index (χ3v) is 5.90. The van der Waals surface area contributed by atoms with Crippen molar-refractivity contribution in [1.29, 1.82) is 0 Å². The molecule has 6 nitrogen and oxygen atoms in total. The van der Waals surface area contributed by atoms with E-state index >= 15 is 0 Å². The lowest BCUT2D eigenvalue weighted by Gasteiger charge is -2.34. The average molecular weight is 420 g/mol. The number of likely N-dealkylation sites (tertiary alicyclic amines) is 1. The number of ether oxygens (including phenoxy) is 1. The Morgan fingerprint density at radius 2 is 1.80 bits per heavy atom. The summed E-state index contributed by atoms with van der Waals surface area (Å²) in [6, 6.07) is 6.96. The Labute approximate surface area is 180 Å². The second kappa shape index (κ2) is 12.9. The van der Waals surface area contributed by atoms with Crippen LogP contribution in [-0.2, 0) is 4.74 Å². The summed E-state index contributed by atoms with van der Waals surface area (Å²) in [6.45, 7) is 11.4. The topological polar surface area (TPSA) is 52.1 Å². The highest BCUT2D eigenvalue weighted by Crippen LogP contribution is 2.22. The molecule has 2 aliphatic heterocycles. The summed E-state index contributed by atoms with van der Waals surface area (Å²) in [6.07, 6.45) is 5.08. The van der Waals surface area contributed by atoms with Gasteiger partial charge in [-0.15, -0.1) is 0 Å². The molecule has 30 heavy (non-hydrogen) atoms. The highest BCUT2D eigenvalue weighted by Gasteiger charge is 2.22. The lowest BCUT2D eigenvalue weighted by atomic mass is 10.0. The molecule has 0 bridgehead atoms. The number of halogens is 1. The molecule has 1 aromatic carbocycles. The molecule has 2 fully saturated rings. The molecule has 1 atom stereocenters. The first kappa shape index (κ1) is 23.0. The third kappa shape index (κ3) is 7.52. The number of morpholine rings is 1. The molecule has 0 amide bonds. The van der Waals surface area contributed by atoms with Crippen LogP contribution in [0, 0.1) is 5.82 Å². The van der Waals surface area contributed by atoms with Gasteiger partial charge in [-0.25, -0.2) is 4.39 Å². The van der Waals surface area contributed by atoms with Crippen molar-refractivity contribution in [3.8, 4) is 0 Å². The minimum absolute atomic E-state index is 0.125. The quantitative estimate of drug-likeness (QED) is 0.347. The molecule has 0 radical (unpaired) electrons. The number of guanidine groups is 1. The molecule has 1 aromatic rings. The van der Waals surface area contributed by atoms with Crippen LogP contribution < -0.4 is 10.6 Å². The fourth-order valence-electron chi connectivity index (χ4n) is 4.20. The van der Waals surface area contributed by atoms with Gasteiger partial charge < -0.3 is 20.3 Å². The first-order valence-electron chi connectivity index (χ1n) is 11.6. The lowest BCUT2D eigenvalue weighted by molar-refractivity contribution is 0.0179. The van der Waals surface area contributed by atoms with Crippen LogP contribution >= 0.6 is 0 Å². The van der Waals surface area contributed by atoms with E-state index in [9.17, 15) is 4.39 Å². The van der Waals surface area contributed by atoms with E-state index in [0.717, 1.165) is 57.3 Å². The molecule has 0 spiro atoms. The van der Waals surface area contributed by atoms with Gasteiger partial charge in [0.1, 0.15) is 5.82 Å². The molecular weight excluding hydrogens is 381 g/mol. The predicted molar refractivity (Wildman–Crippen MR) is 120 cm³/mol. The number of benzene rings is 1. The van der Waals surface area contributed by atoms with Gasteiger partial charge in [0.2, 0.25) is 0 Å². The van der Waals surface area contributed by atoms with E-state index in [4.69, 9.17) is 9.73 Å². The molecule has 0 aliphatic carbocycles. The molecule has 1 unspecified atom stereocenters. The van der Waals surface area contributed by atoms with Gasteiger partial charge in [-0.2, -0.15) is 0 Å². The van der Waals surface area contributed by atoms with E-state index in [2.05, 4.69) is 27.4 Å². The Kier molecular flexibility index (Phi) is 9.86. The first-order valence-corrected chi connectivity index (χ1v) is 11.6. The molecule has 2 heterocycles. The van der Waals surface area contributed by atoms with Crippen molar-refractivity contribution in [3.63, 3.8) is 0 Å². The number of nitrogens with one attached hydrogen (secondary N) is 2. The first-order chi connectivity index (χ1) is 14.8. The molecular formula is C23H38FN5O. The maximum absolute atomic E-state index is 13.4. The Bertz CT molecular complexity index is 627. The maximum atomic E-state index is 13.4. The number of nitrogens with zero attached hydrogens (tertiary/aromatic N) is 3. The molecule has 3 rings (SSSR count). The second-order valence-electron chi connectivity index (χ2n) is 8.12. The van der Waals surface area contributed by atoms with Crippen molar-refractivity contribution in [2.45, 2.75) is 38.6 Å². The Morgan fingerprint density at radius 1 is 1.07 bits per heavy atom. The van der Waals surface area contributed by atoms with Crippen molar-refractivity contribution in [1.82, 2.24) is 20.4 Å². The van der Waals surface area contributed by atoms with E-state index in [0.29, 0.717) is 6.54 Å². The Balaban J connectivity index is 1.53. The van der Waals surface area contributed by atoms with Crippen molar-refractivity contribution >= 4 is 5.96 Å². The van der Waals surface area contributed by atoms with Gasteiger partial charge >= 0.3 is 0 Å². The molecule has 7 heteroatoms. The number of rotatable bonds is 10. The number of hydrogen-bond donors (Lipinski definition) is 2. The highest BCUT2D eigenvalue weighted by atomic mass is 19.1. The average Bonchev–Trinajstić information content (AvgIpc) is 3.29. The third-order valence-electron chi connectivity index (χ3n) is 5.90. The predicted octanol–water partition coefficient (Wildman–Crippen LogP) is 2.63. The van der Waals surface area contributed by atoms with E-state index < -0.39 is 0 Å². The van der Waals surface area contributed by atoms with Gasteiger partial charge in [-0.1, -0.05) is 12.1 Å². The van der Waals surface area contributed by atoms with Crippen LogP contribution in [0.5, 0.6) is 0 Å². The van der Waals surface area contributed by atoms with Gasteiger partial charge in [0.15, 0.2) is 5.96 Å². The summed E-state index contributed by atoms with van der Waals surface area (Å²) >= 11 is 0. The summed E-state index contributed by atoms with van der Waals surface area (Å²) in [7, 11) is 0. The van der Waals surface area contributed by atoms with E-state index in [1.807, 2.05) is 12.1 Å². The molecule has 2 saturated heterocycles. The molecule has 0 saturated carbocycles. The standard InChI is InChI=1S/C23H38FN5O/c1-2-25-23(26-11-3-4-12-28-13-5-6-14-28)27-19-22(29-15-17-30-18-16-29)20-7-9-21(24)10-8-20/h7-10,22H,2-6,11-19H2,1H3,(H2,25,26,27). The molecule has 2 N–H and O–H groups in total. The SMILES string of the molecule is CCNC(=NCC(c1ccc(F)cc1)N1CCOCC1)NCCCCN1CCCC1. The second-order valence-corrected chi connectivity index (χ2v) is 8.12. The monoisotopic (exact) mass is 419 g/mol. The van der Waals surface area contributed by atoms with Crippen LogP contribution in [0.3, 0.4) is 0 Å². The van der Waals surface area contributed by atoms with Gasteiger partial charge in [0.25, 0.3) is 0 Å². The number of aliphatic imine (C=N–C) groups is 1. The largest absolute Gasteiger partial charge is 0.379 e. The van der Waals surface area contributed by atoms with Crippen molar-refractivity contribution in [2.75, 3.05) is 65.6 Å². The lowest BCUT2D eigenvalue weighted by Crippen LogP contribution is -2.42. The number of unbranched alkanes of at least 4 members (excludes halogenated alkanes) is 1. The van der Waals surface area contributed by atoms with Crippen molar-refractivity contribution in [3.05, 3.63) is 35.6 Å². The van der Waals surface area contributed by atoms with Gasteiger partial charge in [0.05, 0.1) is 25.8 Å². The van der Waals surface area contributed by atoms with Gasteiger partial charge in [-0.05, 0) is 69.9 Å². The van der Waals surface area contributed by atoms with Crippen LogP contribution in [0.25, 0.3) is 0 Å². The summed E-state index contributed by atoms with van der Waals surface area (Å²) in [5.41, 5.74) is 1.10. The van der Waals surface area contributed by atoms with Crippen molar-refractivity contribution < 1.29 is 9.13 Å². The summed E-state index contributed by atoms with van der Waals surface area (Å²) < 4.78 is 18.9. The van der Waals surface area contributed by atoms with Gasteiger partial charge in [0, 0.05) is 26.2 Å². The van der Waals surface area contributed by atoms with Crippen LogP contribution in [0.4, 0.5) is 4.39 Å². The highest BCUT2D eigenvalue weighted by molar-refractivity contribution is 5.79.